The van der Waals surface area contributed by atoms with Gasteiger partial charge in [-0.15, -0.1) is 0 Å². The molecule has 2 bridgehead atoms. The Kier molecular flexibility index (Phi) is 1.33. The summed E-state index contributed by atoms with van der Waals surface area (Å²) in [7, 11) is 0. The van der Waals surface area contributed by atoms with Crippen LogP contribution in [-0.2, 0) is 9.59 Å². The lowest BCUT2D eigenvalue weighted by Gasteiger charge is -2.26. The van der Waals surface area contributed by atoms with Crippen LogP contribution < -0.4 is 0 Å². The van der Waals surface area contributed by atoms with Gasteiger partial charge in [-0.2, -0.15) is 0 Å². The molecule has 2 aliphatic carbocycles. The van der Waals surface area contributed by atoms with Gasteiger partial charge in [0.25, 0.3) is 0 Å². The van der Waals surface area contributed by atoms with E-state index in [1.165, 1.54) is 0 Å². The molecule has 0 radical (unpaired) electrons. The summed E-state index contributed by atoms with van der Waals surface area (Å²) in [6, 6.07) is 0. The highest BCUT2D eigenvalue weighted by atomic mass is 16.2. The number of carbonyl (C=O) groups excluding carboxylic acids is 2. The topological polar surface area (TPSA) is 34.1 Å². The normalized spacial score (nSPS) is 40.8. The van der Waals surface area contributed by atoms with E-state index >= 15 is 0 Å². The van der Waals surface area contributed by atoms with Crippen molar-refractivity contribution in [2.45, 2.75) is 26.2 Å². The number of hydrogen-bond acceptors (Lipinski definition) is 2. The number of carbonyl (C=O) groups is 2. The molecule has 2 heteroatoms. The monoisotopic (exact) mass is 164 g/mol. The van der Waals surface area contributed by atoms with E-state index in [0.717, 1.165) is 12.0 Å². The van der Waals surface area contributed by atoms with Crippen LogP contribution in [0.3, 0.4) is 0 Å². The second-order valence-electron chi connectivity index (χ2n) is 4.03. The van der Waals surface area contributed by atoms with Crippen molar-refractivity contribution >= 4 is 11.6 Å². The first kappa shape index (κ1) is 7.71. The maximum atomic E-state index is 11.6. The highest BCUT2D eigenvalue weighted by Crippen LogP contribution is 2.47. The molecular formula is C10H12O2. The number of Topliss-reactive ketones (excluding diaryl/α,β-unsaturated/α-hetero) is 2. The minimum atomic E-state index is -0.647. The SMILES string of the molecule is C=C1CCC2(C)C(=O)CC1C2=O. The standard InChI is InChI=1S/C10H12O2/c1-6-3-4-10(2)8(11)5-7(6)9(10)12/h7H,1,3-5H2,2H3. The molecular weight excluding hydrogens is 152 g/mol. The van der Waals surface area contributed by atoms with E-state index < -0.39 is 5.41 Å². The Morgan fingerprint density at radius 3 is 2.75 bits per heavy atom. The first-order valence-corrected chi connectivity index (χ1v) is 4.31. The van der Waals surface area contributed by atoms with Crippen molar-refractivity contribution in [3.8, 4) is 0 Å². The minimum Gasteiger partial charge on any atom is -0.299 e. The smallest absolute Gasteiger partial charge is 0.153 e. The number of hydrogen-bond donors (Lipinski definition) is 0. The number of rotatable bonds is 0. The Morgan fingerprint density at radius 2 is 2.17 bits per heavy atom. The lowest BCUT2D eigenvalue weighted by atomic mass is 9.74. The first-order valence-electron chi connectivity index (χ1n) is 4.31. The van der Waals surface area contributed by atoms with E-state index in [9.17, 15) is 9.59 Å². The molecule has 2 nitrogen and oxygen atoms in total. The maximum absolute atomic E-state index is 11.6. The summed E-state index contributed by atoms with van der Waals surface area (Å²) in [5, 5.41) is 0. The lowest BCUT2D eigenvalue weighted by Crippen LogP contribution is -2.34. The fourth-order valence-electron chi connectivity index (χ4n) is 2.20. The molecule has 2 aliphatic rings. The molecule has 64 valence electrons. The van der Waals surface area contributed by atoms with Gasteiger partial charge in [-0.05, 0) is 19.8 Å². The first-order chi connectivity index (χ1) is 5.55. The number of allylic oxidation sites excluding steroid dienone is 1. The van der Waals surface area contributed by atoms with E-state index in [4.69, 9.17) is 0 Å². The van der Waals surface area contributed by atoms with Crippen LogP contribution in [-0.4, -0.2) is 11.6 Å². The molecule has 2 rings (SSSR count). The molecule has 0 spiro atoms. The largest absolute Gasteiger partial charge is 0.299 e. The molecule has 0 aliphatic heterocycles. The van der Waals surface area contributed by atoms with Crippen LogP contribution in [0, 0.1) is 11.3 Å². The van der Waals surface area contributed by atoms with Crippen LogP contribution in [0.4, 0.5) is 0 Å². The molecule has 2 saturated carbocycles. The fraction of sp³-hybridized carbons (Fsp3) is 0.600. The van der Waals surface area contributed by atoms with Crippen LogP contribution in [0.1, 0.15) is 26.2 Å². The number of ketones is 2. The van der Waals surface area contributed by atoms with Crippen LogP contribution in [0.25, 0.3) is 0 Å². The van der Waals surface area contributed by atoms with Gasteiger partial charge in [-0.1, -0.05) is 12.2 Å². The van der Waals surface area contributed by atoms with Gasteiger partial charge in [0.2, 0.25) is 0 Å². The Balaban J connectivity index is 2.47. The van der Waals surface area contributed by atoms with Crippen molar-refractivity contribution in [3.63, 3.8) is 0 Å². The number of fused-ring (bicyclic) bond motifs is 2. The summed E-state index contributed by atoms with van der Waals surface area (Å²) in [5.41, 5.74) is 0.314. The fourth-order valence-corrected chi connectivity index (χ4v) is 2.20. The van der Waals surface area contributed by atoms with Gasteiger partial charge in [0, 0.05) is 12.3 Å². The zero-order valence-corrected chi connectivity index (χ0v) is 7.22. The second kappa shape index (κ2) is 2.06. The summed E-state index contributed by atoms with van der Waals surface area (Å²) >= 11 is 0. The third-order valence-corrected chi connectivity index (χ3v) is 3.30. The second-order valence-corrected chi connectivity index (χ2v) is 4.03. The molecule has 2 fully saturated rings. The lowest BCUT2D eigenvalue weighted by molar-refractivity contribution is -0.135. The highest BCUT2D eigenvalue weighted by Gasteiger charge is 2.54. The Bertz CT molecular complexity index is 290. The summed E-state index contributed by atoms with van der Waals surface area (Å²) in [6.45, 7) is 5.62. The summed E-state index contributed by atoms with van der Waals surface area (Å²) in [4.78, 5) is 23.1. The molecule has 0 aromatic heterocycles. The van der Waals surface area contributed by atoms with Crippen molar-refractivity contribution < 1.29 is 9.59 Å². The maximum Gasteiger partial charge on any atom is 0.153 e. The predicted molar refractivity (Wildman–Crippen MR) is 44.6 cm³/mol. The Morgan fingerprint density at radius 1 is 1.50 bits per heavy atom. The molecule has 12 heavy (non-hydrogen) atoms. The molecule has 0 aromatic carbocycles. The highest BCUT2D eigenvalue weighted by molar-refractivity contribution is 6.15. The summed E-state index contributed by atoms with van der Waals surface area (Å²) in [5.74, 6) is 0.0937. The molecule has 0 N–H and O–H groups in total. The van der Waals surface area contributed by atoms with Crippen LogP contribution in [0.15, 0.2) is 12.2 Å². The summed E-state index contributed by atoms with van der Waals surface area (Å²) < 4.78 is 0. The molecule has 0 heterocycles. The zero-order valence-electron chi connectivity index (χ0n) is 7.22. The molecule has 0 aromatic rings. The van der Waals surface area contributed by atoms with Gasteiger partial charge < -0.3 is 0 Å². The predicted octanol–water partition coefficient (Wildman–Crippen LogP) is 1.50. The summed E-state index contributed by atoms with van der Waals surface area (Å²) in [6.07, 6.45) is 1.94. The van der Waals surface area contributed by atoms with E-state index in [0.29, 0.717) is 12.8 Å². The third kappa shape index (κ3) is 0.701. The van der Waals surface area contributed by atoms with Crippen molar-refractivity contribution in [2.24, 2.45) is 11.3 Å². The quantitative estimate of drug-likeness (QED) is 0.401. The minimum absolute atomic E-state index is 0.115. The van der Waals surface area contributed by atoms with Gasteiger partial charge in [0.1, 0.15) is 5.78 Å². The third-order valence-electron chi connectivity index (χ3n) is 3.30. The van der Waals surface area contributed by atoms with Gasteiger partial charge in [-0.25, -0.2) is 0 Å². The molecule has 0 saturated heterocycles. The van der Waals surface area contributed by atoms with Gasteiger partial charge >= 0.3 is 0 Å². The van der Waals surface area contributed by atoms with Crippen molar-refractivity contribution in [3.05, 3.63) is 12.2 Å². The molecule has 2 atom stereocenters. The van der Waals surface area contributed by atoms with Crippen LogP contribution in [0.2, 0.25) is 0 Å². The van der Waals surface area contributed by atoms with Crippen LogP contribution >= 0.6 is 0 Å². The Hall–Kier alpha value is -0.920. The van der Waals surface area contributed by atoms with E-state index in [-0.39, 0.29) is 17.5 Å². The van der Waals surface area contributed by atoms with Crippen LogP contribution in [0.5, 0.6) is 0 Å². The van der Waals surface area contributed by atoms with E-state index in [1.54, 1.807) is 6.92 Å². The van der Waals surface area contributed by atoms with Crippen molar-refractivity contribution in [1.82, 2.24) is 0 Å². The van der Waals surface area contributed by atoms with Gasteiger partial charge in [0.05, 0.1) is 5.41 Å². The molecule has 0 amide bonds. The Labute approximate surface area is 71.6 Å². The van der Waals surface area contributed by atoms with Crippen molar-refractivity contribution in [2.75, 3.05) is 0 Å². The molecule has 2 unspecified atom stereocenters. The van der Waals surface area contributed by atoms with E-state index in [2.05, 4.69) is 6.58 Å². The van der Waals surface area contributed by atoms with Gasteiger partial charge in [0.15, 0.2) is 5.78 Å². The van der Waals surface area contributed by atoms with Gasteiger partial charge in [-0.3, -0.25) is 9.59 Å². The van der Waals surface area contributed by atoms with E-state index in [1.807, 2.05) is 0 Å². The average molecular weight is 164 g/mol. The zero-order chi connectivity index (χ0) is 8.93. The van der Waals surface area contributed by atoms with Crippen molar-refractivity contribution in [1.29, 1.82) is 0 Å². The average Bonchev–Trinajstić information content (AvgIpc) is 2.17.